The molecule has 0 spiro atoms. The molecule has 0 aliphatic heterocycles. The van der Waals surface area contributed by atoms with Gasteiger partial charge in [-0.25, -0.2) is 4.68 Å². The van der Waals surface area contributed by atoms with Crippen molar-refractivity contribution in [2.75, 3.05) is 7.05 Å². The van der Waals surface area contributed by atoms with Crippen LogP contribution in [0.2, 0.25) is 0 Å². The fourth-order valence-electron chi connectivity index (χ4n) is 1.67. The molecule has 2 rings (SSSR count). The van der Waals surface area contributed by atoms with E-state index in [0.717, 1.165) is 17.9 Å². The lowest BCUT2D eigenvalue weighted by molar-refractivity contribution is 0.810. The third-order valence-corrected chi connectivity index (χ3v) is 2.42. The Kier molecular flexibility index (Phi) is 2.92. The molecule has 0 unspecified atom stereocenters. The molecule has 1 aromatic carbocycles. The molecule has 4 nitrogen and oxygen atoms in total. The van der Waals surface area contributed by atoms with Crippen molar-refractivity contribution >= 4 is 0 Å². The first-order valence-electron chi connectivity index (χ1n) is 5.23. The van der Waals surface area contributed by atoms with E-state index in [1.807, 2.05) is 38.2 Å². The van der Waals surface area contributed by atoms with Gasteiger partial charge in [-0.2, -0.15) is 0 Å². The fraction of sp³-hybridized carbons (Fsp3) is 0.250. The second-order valence-corrected chi connectivity index (χ2v) is 3.81. The summed E-state index contributed by atoms with van der Waals surface area (Å²) in [7, 11) is 1.91. The lowest BCUT2D eigenvalue weighted by Crippen LogP contribution is -2.13. The van der Waals surface area contributed by atoms with Gasteiger partial charge in [0.15, 0.2) is 0 Å². The van der Waals surface area contributed by atoms with Crippen LogP contribution in [0.5, 0.6) is 0 Å². The van der Waals surface area contributed by atoms with Crippen molar-refractivity contribution in [3.8, 4) is 5.69 Å². The summed E-state index contributed by atoms with van der Waals surface area (Å²) in [5, 5.41) is 6.08. The molecule has 84 valence electrons. The summed E-state index contributed by atoms with van der Waals surface area (Å²) in [6.45, 7) is 2.70. The van der Waals surface area contributed by atoms with Crippen molar-refractivity contribution in [3.05, 3.63) is 51.9 Å². The van der Waals surface area contributed by atoms with Gasteiger partial charge in [0.1, 0.15) is 0 Å². The van der Waals surface area contributed by atoms with Crippen LogP contribution in [0.1, 0.15) is 11.3 Å². The molecule has 16 heavy (non-hydrogen) atoms. The maximum Gasteiger partial charge on any atom is 0.271 e. The van der Waals surface area contributed by atoms with Crippen molar-refractivity contribution < 1.29 is 0 Å². The molecular formula is C12H15N3O. The van der Waals surface area contributed by atoms with Gasteiger partial charge in [-0.15, -0.1) is 0 Å². The minimum absolute atomic E-state index is 0.0288. The average Bonchev–Trinajstić information content (AvgIpc) is 2.59. The van der Waals surface area contributed by atoms with Crippen LogP contribution in [0, 0.1) is 6.92 Å². The quantitative estimate of drug-likeness (QED) is 0.811. The first-order valence-corrected chi connectivity index (χ1v) is 5.23. The molecule has 0 saturated carbocycles. The number of nitrogens with one attached hydrogen (secondary N) is 2. The Morgan fingerprint density at radius 2 is 2.00 bits per heavy atom. The predicted molar refractivity (Wildman–Crippen MR) is 63.9 cm³/mol. The van der Waals surface area contributed by atoms with E-state index in [9.17, 15) is 4.79 Å². The summed E-state index contributed by atoms with van der Waals surface area (Å²) < 4.78 is 1.54. The molecule has 0 fully saturated rings. The minimum atomic E-state index is -0.0288. The highest BCUT2D eigenvalue weighted by Gasteiger charge is 2.01. The van der Waals surface area contributed by atoms with Crippen LogP contribution in [0.15, 0.2) is 35.1 Å². The number of hydrogen-bond acceptors (Lipinski definition) is 2. The normalized spacial score (nSPS) is 10.6. The number of aryl methyl sites for hydroxylation is 1. The van der Waals surface area contributed by atoms with Gasteiger partial charge in [-0.05, 0) is 31.7 Å². The second-order valence-electron chi connectivity index (χ2n) is 3.81. The molecule has 4 heteroatoms. The third-order valence-electron chi connectivity index (χ3n) is 2.42. The maximum atomic E-state index is 11.6. The van der Waals surface area contributed by atoms with Crippen molar-refractivity contribution in [1.29, 1.82) is 0 Å². The van der Waals surface area contributed by atoms with Gasteiger partial charge < -0.3 is 5.32 Å². The zero-order valence-electron chi connectivity index (χ0n) is 9.45. The Bertz CT molecular complexity index is 522. The standard InChI is InChI=1S/C12H15N3O/c1-9-7-12(16)15(14-9)11-5-3-10(4-6-11)8-13-2/h3-7,13-14H,8H2,1-2H3. The monoisotopic (exact) mass is 217 g/mol. The van der Waals surface area contributed by atoms with Crippen LogP contribution in [-0.2, 0) is 6.54 Å². The molecule has 2 aromatic rings. The van der Waals surface area contributed by atoms with Gasteiger partial charge in [-0.3, -0.25) is 9.89 Å². The molecule has 0 radical (unpaired) electrons. The van der Waals surface area contributed by atoms with E-state index >= 15 is 0 Å². The minimum Gasteiger partial charge on any atom is -0.316 e. The van der Waals surface area contributed by atoms with Crippen molar-refractivity contribution in [2.45, 2.75) is 13.5 Å². The first-order chi connectivity index (χ1) is 7.70. The summed E-state index contributed by atoms with van der Waals surface area (Å²) >= 11 is 0. The number of aromatic amines is 1. The molecule has 0 bridgehead atoms. The fourth-order valence-corrected chi connectivity index (χ4v) is 1.67. The van der Waals surface area contributed by atoms with Crippen LogP contribution in [0.3, 0.4) is 0 Å². The van der Waals surface area contributed by atoms with E-state index in [1.54, 1.807) is 10.7 Å². The Labute approximate surface area is 93.9 Å². The van der Waals surface area contributed by atoms with E-state index in [2.05, 4.69) is 10.4 Å². The van der Waals surface area contributed by atoms with E-state index < -0.39 is 0 Å². The molecule has 0 atom stereocenters. The lowest BCUT2D eigenvalue weighted by atomic mass is 10.2. The van der Waals surface area contributed by atoms with E-state index in [-0.39, 0.29) is 5.56 Å². The van der Waals surface area contributed by atoms with Gasteiger partial charge in [0.2, 0.25) is 0 Å². The van der Waals surface area contributed by atoms with Crippen molar-refractivity contribution in [2.24, 2.45) is 0 Å². The highest BCUT2D eigenvalue weighted by Crippen LogP contribution is 2.07. The molecule has 0 amide bonds. The number of benzene rings is 1. The van der Waals surface area contributed by atoms with Crippen LogP contribution in [0.4, 0.5) is 0 Å². The first kappa shape index (κ1) is 10.7. The van der Waals surface area contributed by atoms with Crippen LogP contribution >= 0.6 is 0 Å². The Balaban J connectivity index is 2.34. The number of aromatic nitrogens is 2. The number of rotatable bonds is 3. The molecular weight excluding hydrogens is 202 g/mol. The second kappa shape index (κ2) is 4.37. The Morgan fingerprint density at radius 3 is 2.50 bits per heavy atom. The van der Waals surface area contributed by atoms with Gasteiger partial charge in [0, 0.05) is 18.3 Å². The third kappa shape index (κ3) is 2.06. The van der Waals surface area contributed by atoms with Gasteiger partial charge in [-0.1, -0.05) is 12.1 Å². The van der Waals surface area contributed by atoms with Crippen LogP contribution < -0.4 is 10.9 Å². The van der Waals surface area contributed by atoms with E-state index in [1.165, 1.54) is 5.56 Å². The highest BCUT2D eigenvalue weighted by molar-refractivity contribution is 5.34. The number of hydrogen-bond donors (Lipinski definition) is 2. The van der Waals surface area contributed by atoms with E-state index in [4.69, 9.17) is 0 Å². The zero-order chi connectivity index (χ0) is 11.5. The van der Waals surface area contributed by atoms with Crippen LogP contribution in [-0.4, -0.2) is 16.8 Å². The Morgan fingerprint density at radius 1 is 1.31 bits per heavy atom. The van der Waals surface area contributed by atoms with Crippen molar-refractivity contribution in [3.63, 3.8) is 0 Å². The summed E-state index contributed by atoms with van der Waals surface area (Å²) in [5.74, 6) is 0. The topological polar surface area (TPSA) is 49.8 Å². The molecule has 1 heterocycles. The zero-order valence-corrected chi connectivity index (χ0v) is 9.45. The summed E-state index contributed by atoms with van der Waals surface area (Å²) in [4.78, 5) is 11.6. The lowest BCUT2D eigenvalue weighted by Gasteiger charge is -2.04. The average molecular weight is 217 g/mol. The van der Waals surface area contributed by atoms with Crippen LogP contribution in [0.25, 0.3) is 5.69 Å². The summed E-state index contributed by atoms with van der Waals surface area (Å²) in [6, 6.07) is 9.47. The van der Waals surface area contributed by atoms with Gasteiger partial charge in [0.25, 0.3) is 5.56 Å². The predicted octanol–water partition coefficient (Wildman–Crippen LogP) is 1.19. The largest absolute Gasteiger partial charge is 0.316 e. The van der Waals surface area contributed by atoms with Gasteiger partial charge in [0.05, 0.1) is 5.69 Å². The van der Waals surface area contributed by atoms with E-state index in [0.29, 0.717) is 0 Å². The maximum absolute atomic E-state index is 11.6. The summed E-state index contributed by atoms with van der Waals surface area (Å²) in [5.41, 5.74) is 2.89. The Hall–Kier alpha value is -1.81. The summed E-state index contributed by atoms with van der Waals surface area (Å²) in [6.07, 6.45) is 0. The molecule has 0 aliphatic carbocycles. The van der Waals surface area contributed by atoms with Crippen molar-refractivity contribution in [1.82, 2.24) is 15.1 Å². The molecule has 0 aliphatic rings. The SMILES string of the molecule is CNCc1ccc(-n2[nH]c(C)cc2=O)cc1. The molecule has 0 saturated heterocycles. The van der Waals surface area contributed by atoms with Gasteiger partial charge >= 0.3 is 0 Å². The highest BCUT2D eigenvalue weighted by atomic mass is 16.1. The molecule has 1 aromatic heterocycles. The number of nitrogens with zero attached hydrogens (tertiary/aromatic N) is 1. The molecule has 2 N–H and O–H groups in total. The number of H-pyrrole nitrogens is 1. The smallest absolute Gasteiger partial charge is 0.271 e.